The van der Waals surface area contributed by atoms with E-state index in [0.717, 1.165) is 6.42 Å². The standard InChI is InChI=1S/C20H35N.ClH/c1-3-4-5-6-7-8-9-10-11-15-18-20(2,21)19-16-13-12-14-17-19;/h12-14,16-17H,3-11,15,18,21H2,1-2H3;1H. The van der Waals surface area contributed by atoms with Gasteiger partial charge in [0.2, 0.25) is 0 Å². The average Bonchev–Trinajstić information content (AvgIpc) is 2.50. The summed E-state index contributed by atoms with van der Waals surface area (Å²) >= 11 is 0. The van der Waals surface area contributed by atoms with Crippen LogP contribution in [0.3, 0.4) is 0 Å². The molecule has 0 saturated heterocycles. The predicted octanol–water partition coefficient (Wildman–Crippen LogP) is 6.59. The maximum absolute atomic E-state index is 6.45. The van der Waals surface area contributed by atoms with E-state index in [0.29, 0.717) is 0 Å². The Balaban J connectivity index is 0.00000441. The molecule has 0 radical (unpaired) electrons. The van der Waals surface area contributed by atoms with Gasteiger partial charge in [0.15, 0.2) is 0 Å². The lowest BCUT2D eigenvalue weighted by molar-refractivity contribution is 0.420. The molecule has 0 heterocycles. The van der Waals surface area contributed by atoms with E-state index in [9.17, 15) is 0 Å². The minimum absolute atomic E-state index is 0. The van der Waals surface area contributed by atoms with Gasteiger partial charge in [0, 0.05) is 5.54 Å². The van der Waals surface area contributed by atoms with Crippen LogP contribution in [-0.2, 0) is 5.54 Å². The zero-order valence-corrected chi connectivity index (χ0v) is 15.5. The molecule has 1 aromatic carbocycles. The van der Waals surface area contributed by atoms with Gasteiger partial charge in [0.1, 0.15) is 0 Å². The van der Waals surface area contributed by atoms with Crippen molar-refractivity contribution < 1.29 is 0 Å². The van der Waals surface area contributed by atoms with Crippen molar-refractivity contribution in [3.63, 3.8) is 0 Å². The van der Waals surface area contributed by atoms with Crippen LogP contribution < -0.4 is 5.73 Å². The number of halogens is 1. The summed E-state index contributed by atoms with van der Waals surface area (Å²) in [6.07, 6.45) is 14.9. The Bertz CT molecular complexity index is 348. The third kappa shape index (κ3) is 9.48. The van der Waals surface area contributed by atoms with E-state index in [1.54, 1.807) is 0 Å². The number of benzene rings is 1. The van der Waals surface area contributed by atoms with Crippen molar-refractivity contribution in [2.24, 2.45) is 5.73 Å². The van der Waals surface area contributed by atoms with Gasteiger partial charge in [-0.25, -0.2) is 0 Å². The van der Waals surface area contributed by atoms with Crippen molar-refractivity contribution in [3.8, 4) is 0 Å². The quantitative estimate of drug-likeness (QED) is 0.431. The highest BCUT2D eigenvalue weighted by Gasteiger charge is 2.19. The highest BCUT2D eigenvalue weighted by molar-refractivity contribution is 5.85. The fourth-order valence-corrected chi connectivity index (χ4v) is 2.94. The molecule has 0 bridgehead atoms. The molecule has 0 aliphatic carbocycles. The Morgan fingerprint density at radius 1 is 0.773 bits per heavy atom. The molecule has 1 rings (SSSR count). The summed E-state index contributed by atoms with van der Waals surface area (Å²) in [6, 6.07) is 10.5. The Morgan fingerprint density at radius 2 is 1.23 bits per heavy atom. The van der Waals surface area contributed by atoms with Crippen LogP contribution in [0.4, 0.5) is 0 Å². The van der Waals surface area contributed by atoms with Crippen LogP contribution in [0.1, 0.15) is 90.0 Å². The van der Waals surface area contributed by atoms with Crippen molar-refractivity contribution in [3.05, 3.63) is 35.9 Å². The second-order valence-corrected chi connectivity index (χ2v) is 6.72. The van der Waals surface area contributed by atoms with Crippen LogP contribution in [0, 0.1) is 0 Å². The van der Waals surface area contributed by atoms with Gasteiger partial charge in [-0.2, -0.15) is 0 Å². The normalized spacial score (nSPS) is 13.4. The molecule has 0 saturated carbocycles. The molecule has 1 aromatic rings. The van der Waals surface area contributed by atoms with Crippen molar-refractivity contribution in [2.75, 3.05) is 0 Å². The third-order valence-corrected chi connectivity index (χ3v) is 4.48. The predicted molar refractivity (Wildman–Crippen MR) is 102 cm³/mol. The molecule has 0 aromatic heterocycles. The number of rotatable bonds is 12. The number of hydrogen-bond acceptors (Lipinski definition) is 1. The van der Waals surface area contributed by atoms with Crippen LogP contribution in [0.5, 0.6) is 0 Å². The van der Waals surface area contributed by atoms with Gasteiger partial charge in [-0.15, -0.1) is 12.4 Å². The highest BCUT2D eigenvalue weighted by Crippen LogP contribution is 2.24. The van der Waals surface area contributed by atoms with E-state index in [1.165, 1.54) is 69.8 Å². The molecular weight excluding hydrogens is 290 g/mol. The second kappa shape index (κ2) is 13.0. The summed E-state index contributed by atoms with van der Waals surface area (Å²) in [5.41, 5.74) is 7.55. The number of nitrogens with two attached hydrogens (primary N) is 1. The van der Waals surface area contributed by atoms with E-state index >= 15 is 0 Å². The zero-order valence-electron chi connectivity index (χ0n) is 14.7. The monoisotopic (exact) mass is 325 g/mol. The van der Waals surface area contributed by atoms with Gasteiger partial charge in [-0.3, -0.25) is 0 Å². The molecule has 2 N–H and O–H groups in total. The van der Waals surface area contributed by atoms with Crippen molar-refractivity contribution in [1.29, 1.82) is 0 Å². The first kappa shape index (κ1) is 21.5. The first-order chi connectivity index (χ1) is 10.2. The van der Waals surface area contributed by atoms with E-state index in [4.69, 9.17) is 5.73 Å². The molecule has 0 aliphatic rings. The molecule has 128 valence electrons. The summed E-state index contributed by atoms with van der Waals surface area (Å²) in [4.78, 5) is 0. The first-order valence-electron chi connectivity index (χ1n) is 9.01. The van der Waals surface area contributed by atoms with Gasteiger partial charge in [-0.05, 0) is 18.9 Å². The van der Waals surface area contributed by atoms with E-state index < -0.39 is 0 Å². The molecule has 1 atom stereocenters. The highest BCUT2D eigenvalue weighted by atomic mass is 35.5. The Kier molecular flexibility index (Phi) is 12.6. The Hall–Kier alpha value is -0.530. The van der Waals surface area contributed by atoms with Crippen molar-refractivity contribution in [1.82, 2.24) is 0 Å². The van der Waals surface area contributed by atoms with Crippen LogP contribution in [0.2, 0.25) is 0 Å². The molecule has 0 spiro atoms. The Labute approximate surface area is 144 Å². The summed E-state index contributed by atoms with van der Waals surface area (Å²) in [7, 11) is 0. The third-order valence-electron chi connectivity index (χ3n) is 4.48. The molecular formula is C20H36ClN. The molecule has 0 amide bonds. The maximum atomic E-state index is 6.45. The lowest BCUT2D eigenvalue weighted by Crippen LogP contribution is -2.32. The van der Waals surface area contributed by atoms with Gasteiger partial charge in [0.05, 0.1) is 0 Å². The number of hydrogen-bond donors (Lipinski definition) is 1. The minimum atomic E-state index is -0.165. The second-order valence-electron chi connectivity index (χ2n) is 6.72. The average molecular weight is 326 g/mol. The van der Waals surface area contributed by atoms with Gasteiger partial charge in [0.25, 0.3) is 0 Å². The lowest BCUT2D eigenvalue weighted by atomic mass is 9.87. The van der Waals surface area contributed by atoms with Crippen LogP contribution in [-0.4, -0.2) is 0 Å². The molecule has 1 nitrogen and oxygen atoms in total. The summed E-state index contributed by atoms with van der Waals surface area (Å²) in [6.45, 7) is 4.44. The summed E-state index contributed by atoms with van der Waals surface area (Å²) < 4.78 is 0. The fourth-order valence-electron chi connectivity index (χ4n) is 2.94. The van der Waals surface area contributed by atoms with Crippen LogP contribution >= 0.6 is 12.4 Å². The molecule has 1 unspecified atom stereocenters. The van der Waals surface area contributed by atoms with Gasteiger partial charge < -0.3 is 5.73 Å². The van der Waals surface area contributed by atoms with Crippen LogP contribution in [0.25, 0.3) is 0 Å². The van der Waals surface area contributed by atoms with Gasteiger partial charge in [-0.1, -0.05) is 101 Å². The molecule has 0 fully saturated rings. The fraction of sp³-hybridized carbons (Fsp3) is 0.700. The Morgan fingerprint density at radius 3 is 1.73 bits per heavy atom. The van der Waals surface area contributed by atoms with E-state index in [-0.39, 0.29) is 17.9 Å². The molecule has 22 heavy (non-hydrogen) atoms. The summed E-state index contributed by atoms with van der Waals surface area (Å²) in [5, 5.41) is 0. The van der Waals surface area contributed by atoms with Gasteiger partial charge >= 0.3 is 0 Å². The van der Waals surface area contributed by atoms with Crippen molar-refractivity contribution >= 4 is 12.4 Å². The lowest BCUT2D eigenvalue weighted by Gasteiger charge is -2.25. The first-order valence-corrected chi connectivity index (χ1v) is 9.01. The zero-order chi connectivity index (χ0) is 15.4. The minimum Gasteiger partial charge on any atom is -0.322 e. The molecule has 0 aliphatic heterocycles. The number of unbranched alkanes of at least 4 members (excludes halogenated alkanes) is 9. The molecule has 2 heteroatoms. The summed E-state index contributed by atoms with van der Waals surface area (Å²) in [5.74, 6) is 0. The van der Waals surface area contributed by atoms with Crippen LogP contribution in [0.15, 0.2) is 30.3 Å². The largest absolute Gasteiger partial charge is 0.322 e. The van der Waals surface area contributed by atoms with E-state index in [1.807, 2.05) is 0 Å². The smallest absolute Gasteiger partial charge is 0.0381 e. The van der Waals surface area contributed by atoms with E-state index in [2.05, 4.69) is 44.2 Å². The SMILES string of the molecule is CCCCCCCCCCCCC(C)(N)c1ccccc1.Cl. The maximum Gasteiger partial charge on any atom is 0.0381 e. The topological polar surface area (TPSA) is 26.0 Å². The van der Waals surface area contributed by atoms with Crippen molar-refractivity contribution in [2.45, 2.75) is 90.0 Å².